The van der Waals surface area contributed by atoms with Gasteiger partial charge < -0.3 is 9.64 Å². The van der Waals surface area contributed by atoms with Gasteiger partial charge in [-0.15, -0.1) is 0 Å². The number of benzene rings is 2. The number of hydrogen-bond donors (Lipinski definition) is 0. The van der Waals surface area contributed by atoms with E-state index in [1.807, 2.05) is 24.3 Å². The summed E-state index contributed by atoms with van der Waals surface area (Å²) in [6.45, 7) is 3.55. The molecule has 2 aromatic rings. The Morgan fingerprint density at radius 2 is 1.96 bits per heavy atom. The number of amides is 1. The summed E-state index contributed by atoms with van der Waals surface area (Å²) in [6.07, 6.45) is 0.763. The molecule has 2 aliphatic rings. The van der Waals surface area contributed by atoms with Crippen LogP contribution >= 0.6 is 11.6 Å². The second-order valence-electron chi connectivity index (χ2n) is 7.52. The fraction of sp³-hybridized carbons (Fsp3) is 0.409. The third-order valence-corrected chi connectivity index (χ3v) is 5.80. The highest BCUT2D eigenvalue weighted by atomic mass is 35.5. The molecule has 0 spiro atoms. The number of piperidine rings is 1. The van der Waals surface area contributed by atoms with E-state index in [4.69, 9.17) is 16.3 Å². The monoisotopic (exact) mass is 402 g/mol. The maximum atomic E-state index is 14.1. The maximum absolute atomic E-state index is 14.1. The third-order valence-electron chi connectivity index (χ3n) is 5.57. The van der Waals surface area contributed by atoms with E-state index in [9.17, 15) is 9.18 Å². The summed E-state index contributed by atoms with van der Waals surface area (Å²) in [4.78, 5) is 17.2. The first-order valence-electron chi connectivity index (χ1n) is 9.71. The van der Waals surface area contributed by atoms with E-state index in [-0.39, 0.29) is 30.3 Å². The van der Waals surface area contributed by atoms with E-state index in [2.05, 4.69) is 4.90 Å². The molecule has 0 aliphatic carbocycles. The van der Waals surface area contributed by atoms with Crippen LogP contribution in [0.4, 0.5) is 4.39 Å². The molecule has 2 unspecified atom stereocenters. The Labute approximate surface area is 169 Å². The average Bonchev–Trinajstić information content (AvgIpc) is 2.83. The third kappa shape index (κ3) is 4.37. The highest BCUT2D eigenvalue weighted by Crippen LogP contribution is 2.27. The average molecular weight is 403 g/mol. The highest BCUT2D eigenvalue weighted by molar-refractivity contribution is 6.30. The van der Waals surface area contributed by atoms with Crippen LogP contribution in [0.15, 0.2) is 48.5 Å². The summed E-state index contributed by atoms with van der Waals surface area (Å²) in [5.74, 6) is -0.438. The fourth-order valence-corrected chi connectivity index (χ4v) is 4.33. The van der Waals surface area contributed by atoms with Crippen LogP contribution in [0.3, 0.4) is 0 Å². The van der Waals surface area contributed by atoms with E-state index < -0.39 is 0 Å². The fourth-order valence-electron chi connectivity index (χ4n) is 4.12. The Kier molecular flexibility index (Phi) is 5.95. The van der Waals surface area contributed by atoms with Crippen molar-refractivity contribution < 1.29 is 13.9 Å². The zero-order valence-electron chi connectivity index (χ0n) is 15.7. The van der Waals surface area contributed by atoms with Gasteiger partial charge >= 0.3 is 0 Å². The van der Waals surface area contributed by atoms with Crippen LogP contribution in [0.2, 0.25) is 5.02 Å². The van der Waals surface area contributed by atoms with Crippen LogP contribution in [0.25, 0.3) is 0 Å². The van der Waals surface area contributed by atoms with E-state index >= 15 is 0 Å². The van der Waals surface area contributed by atoms with E-state index in [0.29, 0.717) is 25.3 Å². The van der Waals surface area contributed by atoms with Crippen molar-refractivity contribution in [2.24, 2.45) is 5.92 Å². The quantitative estimate of drug-likeness (QED) is 0.781. The molecular formula is C22H24ClFN2O2. The number of nitrogens with zero attached hydrogens (tertiary/aromatic N) is 2. The molecule has 4 rings (SSSR count). The summed E-state index contributed by atoms with van der Waals surface area (Å²) < 4.78 is 20.0. The second-order valence-corrected chi connectivity index (χ2v) is 7.96. The van der Waals surface area contributed by atoms with Crippen LogP contribution in [0, 0.1) is 11.7 Å². The summed E-state index contributed by atoms with van der Waals surface area (Å²) in [5, 5.41) is 0.720. The molecule has 28 heavy (non-hydrogen) atoms. The molecule has 1 amide bonds. The standard InChI is InChI=1S/C22H24ClFN2O2/c23-18-6-3-4-16(12-18)13-25-9-8-21-19(15-25)22(27)26(10-11-28-21)14-17-5-1-2-7-20(17)24/h1-7,12,19,21H,8-11,13-15H2. The van der Waals surface area contributed by atoms with Crippen molar-refractivity contribution in [1.82, 2.24) is 9.80 Å². The molecule has 2 aromatic carbocycles. The van der Waals surface area contributed by atoms with Crippen molar-refractivity contribution in [3.05, 3.63) is 70.5 Å². The van der Waals surface area contributed by atoms with Gasteiger partial charge in [-0.3, -0.25) is 9.69 Å². The normalized spacial score (nSPS) is 23.4. The first-order chi connectivity index (χ1) is 13.6. The number of carbonyl (C=O) groups excluding carboxylic acids is 1. The summed E-state index contributed by atoms with van der Waals surface area (Å²) >= 11 is 6.10. The largest absolute Gasteiger partial charge is 0.375 e. The number of hydrogen-bond acceptors (Lipinski definition) is 3. The molecule has 0 radical (unpaired) electrons. The number of rotatable bonds is 4. The molecule has 0 bridgehead atoms. The van der Waals surface area contributed by atoms with Gasteiger partial charge in [0.1, 0.15) is 5.82 Å². The molecule has 6 heteroatoms. The molecular weight excluding hydrogens is 379 g/mol. The summed E-state index contributed by atoms with van der Waals surface area (Å²) in [7, 11) is 0. The van der Waals surface area contributed by atoms with Gasteiger partial charge in [-0.2, -0.15) is 0 Å². The predicted molar refractivity (Wildman–Crippen MR) is 106 cm³/mol. The summed E-state index contributed by atoms with van der Waals surface area (Å²) in [6, 6.07) is 14.4. The van der Waals surface area contributed by atoms with E-state index in [0.717, 1.165) is 30.1 Å². The molecule has 2 fully saturated rings. The van der Waals surface area contributed by atoms with Crippen molar-refractivity contribution in [2.75, 3.05) is 26.2 Å². The molecule has 2 heterocycles. The van der Waals surface area contributed by atoms with Crippen molar-refractivity contribution in [3.8, 4) is 0 Å². The minimum Gasteiger partial charge on any atom is -0.375 e. The van der Waals surface area contributed by atoms with Crippen molar-refractivity contribution >= 4 is 17.5 Å². The maximum Gasteiger partial charge on any atom is 0.229 e. The Balaban J connectivity index is 1.46. The number of halogens is 2. The van der Waals surface area contributed by atoms with Gasteiger partial charge in [0.25, 0.3) is 0 Å². The van der Waals surface area contributed by atoms with Crippen LogP contribution in [-0.2, 0) is 22.6 Å². The van der Waals surface area contributed by atoms with Gasteiger partial charge in [-0.05, 0) is 30.2 Å². The van der Waals surface area contributed by atoms with Crippen molar-refractivity contribution in [1.29, 1.82) is 0 Å². The van der Waals surface area contributed by atoms with Crippen LogP contribution in [0.5, 0.6) is 0 Å². The Bertz CT molecular complexity index is 847. The zero-order chi connectivity index (χ0) is 19.5. The number of carbonyl (C=O) groups is 1. The first kappa shape index (κ1) is 19.4. The van der Waals surface area contributed by atoms with Gasteiger partial charge in [0.05, 0.1) is 18.6 Å². The smallest absolute Gasteiger partial charge is 0.229 e. The number of ether oxygens (including phenoxy) is 1. The SMILES string of the molecule is O=C1C2CN(Cc3cccc(Cl)c3)CCC2OCCN1Cc1ccccc1F. The van der Waals surface area contributed by atoms with Crippen LogP contribution < -0.4 is 0 Å². The second kappa shape index (κ2) is 8.60. The van der Waals surface area contributed by atoms with E-state index in [1.54, 1.807) is 23.1 Å². The Morgan fingerprint density at radius 3 is 2.79 bits per heavy atom. The lowest BCUT2D eigenvalue weighted by Gasteiger charge is -2.37. The topological polar surface area (TPSA) is 32.8 Å². The van der Waals surface area contributed by atoms with Gasteiger partial charge in [-0.1, -0.05) is 41.9 Å². The number of fused-ring (bicyclic) bond motifs is 1. The molecule has 2 aliphatic heterocycles. The Morgan fingerprint density at radius 1 is 1.11 bits per heavy atom. The molecule has 2 saturated heterocycles. The molecule has 148 valence electrons. The first-order valence-corrected chi connectivity index (χ1v) is 10.1. The number of likely N-dealkylation sites (tertiary alicyclic amines) is 1. The molecule has 0 N–H and O–H groups in total. The zero-order valence-corrected chi connectivity index (χ0v) is 16.4. The Hall–Kier alpha value is -1.95. The highest BCUT2D eigenvalue weighted by Gasteiger charge is 2.39. The summed E-state index contributed by atoms with van der Waals surface area (Å²) in [5.41, 5.74) is 1.68. The molecule has 0 saturated carbocycles. The lowest BCUT2D eigenvalue weighted by molar-refractivity contribution is -0.140. The van der Waals surface area contributed by atoms with Crippen LogP contribution in [-0.4, -0.2) is 48.1 Å². The van der Waals surface area contributed by atoms with Crippen molar-refractivity contribution in [2.45, 2.75) is 25.6 Å². The minimum atomic E-state index is -0.275. The molecule has 4 nitrogen and oxygen atoms in total. The van der Waals surface area contributed by atoms with Gasteiger partial charge in [-0.25, -0.2) is 4.39 Å². The predicted octanol–water partition coefficient (Wildman–Crippen LogP) is 3.73. The van der Waals surface area contributed by atoms with Crippen molar-refractivity contribution in [3.63, 3.8) is 0 Å². The van der Waals surface area contributed by atoms with E-state index in [1.165, 1.54) is 6.07 Å². The lowest BCUT2D eigenvalue weighted by Crippen LogP contribution is -2.49. The minimum absolute atomic E-state index is 0.0570. The molecule has 2 atom stereocenters. The van der Waals surface area contributed by atoms with Gasteiger partial charge in [0.2, 0.25) is 5.91 Å². The van der Waals surface area contributed by atoms with Gasteiger partial charge in [0.15, 0.2) is 0 Å². The lowest BCUT2D eigenvalue weighted by atomic mass is 9.92. The van der Waals surface area contributed by atoms with Crippen LogP contribution in [0.1, 0.15) is 17.5 Å². The molecule has 0 aromatic heterocycles. The van der Waals surface area contributed by atoms with Gasteiger partial charge in [0, 0.05) is 43.3 Å².